The van der Waals surface area contributed by atoms with Crippen molar-refractivity contribution in [2.45, 2.75) is 20.0 Å². The molecule has 0 aliphatic carbocycles. The zero-order valence-electron chi connectivity index (χ0n) is 9.28. The Kier molecular flexibility index (Phi) is 3.88. The summed E-state index contributed by atoms with van der Waals surface area (Å²) in [6.45, 7) is 3.54. The SMILES string of the molecule is CC(C)OC(=O)Nc1cccc(C(=N)N)c1. The molecule has 0 spiro atoms. The number of nitrogens with two attached hydrogens (primary N) is 1. The van der Waals surface area contributed by atoms with E-state index < -0.39 is 6.09 Å². The molecule has 0 saturated carbocycles. The van der Waals surface area contributed by atoms with Gasteiger partial charge in [0.05, 0.1) is 6.10 Å². The van der Waals surface area contributed by atoms with Crippen LogP contribution in [-0.4, -0.2) is 18.0 Å². The van der Waals surface area contributed by atoms with Gasteiger partial charge in [0.2, 0.25) is 0 Å². The second kappa shape index (κ2) is 5.16. The summed E-state index contributed by atoms with van der Waals surface area (Å²) in [5, 5.41) is 9.82. The van der Waals surface area contributed by atoms with Gasteiger partial charge in [-0.1, -0.05) is 12.1 Å². The predicted molar refractivity (Wildman–Crippen MR) is 62.7 cm³/mol. The number of nitrogen functional groups attached to an aromatic ring is 1. The summed E-state index contributed by atoms with van der Waals surface area (Å²) in [7, 11) is 0. The van der Waals surface area contributed by atoms with Crippen LogP contribution in [0.1, 0.15) is 19.4 Å². The lowest BCUT2D eigenvalue weighted by Crippen LogP contribution is -2.18. The third-order valence-electron chi connectivity index (χ3n) is 1.76. The average Bonchev–Trinajstić information content (AvgIpc) is 2.16. The summed E-state index contributed by atoms with van der Waals surface area (Å²) in [4.78, 5) is 11.3. The molecule has 5 heteroatoms. The minimum atomic E-state index is -0.518. The van der Waals surface area contributed by atoms with Gasteiger partial charge in [0.1, 0.15) is 5.84 Å². The van der Waals surface area contributed by atoms with Crippen LogP contribution in [0, 0.1) is 5.41 Å². The predicted octanol–water partition coefficient (Wildman–Crippen LogP) is 1.93. The first-order valence-electron chi connectivity index (χ1n) is 4.91. The number of hydrogen-bond acceptors (Lipinski definition) is 3. The van der Waals surface area contributed by atoms with E-state index in [0.717, 1.165) is 0 Å². The number of amidine groups is 1. The highest BCUT2D eigenvalue weighted by Crippen LogP contribution is 2.10. The van der Waals surface area contributed by atoms with Crippen molar-refractivity contribution < 1.29 is 9.53 Å². The number of ether oxygens (including phenoxy) is 1. The second-order valence-electron chi connectivity index (χ2n) is 3.57. The molecule has 1 aromatic rings. The van der Waals surface area contributed by atoms with Crippen LogP contribution in [0.3, 0.4) is 0 Å². The van der Waals surface area contributed by atoms with Gasteiger partial charge in [-0.3, -0.25) is 10.7 Å². The smallest absolute Gasteiger partial charge is 0.411 e. The van der Waals surface area contributed by atoms with E-state index in [-0.39, 0.29) is 11.9 Å². The molecule has 0 unspecified atom stereocenters. The van der Waals surface area contributed by atoms with Crippen molar-refractivity contribution in [1.82, 2.24) is 0 Å². The molecule has 0 aromatic heterocycles. The first-order chi connectivity index (χ1) is 7.49. The molecular formula is C11H15N3O2. The zero-order valence-corrected chi connectivity index (χ0v) is 9.28. The molecule has 86 valence electrons. The highest BCUT2D eigenvalue weighted by atomic mass is 16.6. The molecule has 0 radical (unpaired) electrons. The Morgan fingerprint density at radius 2 is 2.19 bits per heavy atom. The van der Waals surface area contributed by atoms with E-state index in [1.54, 1.807) is 38.1 Å². The van der Waals surface area contributed by atoms with Crippen LogP contribution < -0.4 is 11.1 Å². The lowest BCUT2D eigenvalue weighted by atomic mass is 10.2. The Morgan fingerprint density at radius 3 is 2.75 bits per heavy atom. The lowest BCUT2D eigenvalue weighted by Gasteiger charge is -2.10. The van der Waals surface area contributed by atoms with Gasteiger partial charge in [-0.2, -0.15) is 0 Å². The van der Waals surface area contributed by atoms with Gasteiger partial charge >= 0.3 is 6.09 Å². The average molecular weight is 221 g/mol. The van der Waals surface area contributed by atoms with E-state index in [9.17, 15) is 4.79 Å². The van der Waals surface area contributed by atoms with Gasteiger partial charge < -0.3 is 10.5 Å². The van der Waals surface area contributed by atoms with Crippen LogP contribution in [0.15, 0.2) is 24.3 Å². The second-order valence-corrected chi connectivity index (χ2v) is 3.57. The number of benzene rings is 1. The fraction of sp³-hybridized carbons (Fsp3) is 0.273. The molecule has 1 amide bonds. The number of anilines is 1. The van der Waals surface area contributed by atoms with Gasteiger partial charge in [-0.05, 0) is 26.0 Å². The standard InChI is InChI=1S/C11H15N3O2/c1-7(2)16-11(15)14-9-5-3-4-8(6-9)10(12)13/h3-7H,1-2H3,(H3,12,13)(H,14,15). The van der Waals surface area contributed by atoms with E-state index in [0.29, 0.717) is 11.3 Å². The number of amides is 1. The number of nitrogens with one attached hydrogen (secondary N) is 2. The molecular weight excluding hydrogens is 206 g/mol. The van der Waals surface area contributed by atoms with E-state index >= 15 is 0 Å². The summed E-state index contributed by atoms with van der Waals surface area (Å²) in [6.07, 6.45) is -0.688. The number of carbonyl (C=O) groups excluding carboxylic acids is 1. The molecule has 5 nitrogen and oxygen atoms in total. The van der Waals surface area contributed by atoms with E-state index in [1.165, 1.54) is 0 Å². The molecule has 0 aliphatic rings. The Labute approximate surface area is 94.1 Å². The van der Waals surface area contributed by atoms with Gasteiger partial charge in [0.25, 0.3) is 0 Å². The van der Waals surface area contributed by atoms with Crippen LogP contribution in [0.5, 0.6) is 0 Å². The fourth-order valence-corrected chi connectivity index (χ4v) is 1.13. The maximum Gasteiger partial charge on any atom is 0.411 e. The Balaban J connectivity index is 2.70. The normalized spacial score (nSPS) is 9.94. The lowest BCUT2D eigenvalue weighted by molar-refractivity contribution is 0.130. The molecule has 0 atom stereocenters. The maximum absolute atomic E-state index is 11.3. The van der Waals surface area contributed by atoms with Crippen molar-refractivity contribution in [1.29, 1.82) is 5.41 Å². The number of rotatable bonds is 3. The van der Waals surface area contributed by atoms with Crippen molar-refractivity contribution in [3.63, 3.8) is 0 Å². The van der Waals surface area contributed by atoms with Crippen LogP contribution in [0.4, 0.5) is 10.5 Å². The topological polar surface area (TPSA) is 88.2 Å². The quantitative estimate of drug-likeness (QED) is 0.538. The highest BCUT2D eigenvalue weighted by Gasteiger charge is 2.06. The molecule has 0 aliphatic heterocycles. The summed E-state index contributed by atoms with van der Waals surface area (Å²) >= 11 is 0. The molecule has 0 bridgehead atoms. The minimum Gasteiger partial charge on any atom is -0.447 e. The fourth-order valence-electron chi connectivity index (χ4n) is 1.13. The van der Waals surface area contributed by atoms with Crippen molar-refractivity contribution >= 4 is 17.6 Å². The number of hydrogen-bond donors (Lipinski definition) is 3. The molecule has 16 heavy (non-hydrogen) atoms. The molecule has 4 N–H and O–H groups in total. The molecule has 1 rings (SSSR count). The first kappa shape index (κ1) is 12.0. The first-order valence-corrected chi connectivity index (χ1v) is 4.91. The van der Waals surface area contributed by atoms with Gasteiger partial charge in [0.15, 0.2) is 0 Å². The summed E-state index contributed by atoms with van der Waals surface area (Å²) in [6, 6.07) is 6.72. The zero-order chi connectivity index (χ0) is 12.1. The maximum atomic E-state index is 11.3. The monoisotopic (exact) mass is 221 g/mol. The van der Waals surface area contributed by atoms with Crippen molar-refractivity contribution in [3.05, 3.63) is 29.8 Å². The van der Waals surface area contributed by atoms with Crippen LogP contribution in [-0.2, 0) is 4.74 Å². The van der Waals surface area contributed by atoms with Gasteiger partial charge in [-0.25, -0.2) is 4.79 Å². The third-order valence-corrected chi connectivity index (χ3v) is 1.76. The van der Waals surface area contributed by atoms with E-state index in [4.69, 9.17) is 15.9 Å². The van der Waals surface area contributed by atoms with E-state index in [2.05, 4.69) is 5.32 Å². The Morgan fingerprint density at radius 1 is 1.50 bits per heavy atom. The Bertz CT molecular complexity index is 402. The summed E-state index contributed by atoms with van der Waals surface area (Å²) < 4.78 is 4.92. The number of carbonyl (C=O) groups is 1. The Hall–Kier alpha value is -2.04. The minimum absolute atomic E-state index is 0.0409. The van der Waals surface area contributed by atoms with Crippen LogP contribution in [0.25, 0.3) is 0 Å². The van der Waals surface area contributed by atoms with Crippen LogP contribution >= 0.6 is 0 Å². The summed E-state index contributed by atoms with van der Waals surface area (Å²) in [5.41, 5.74) is 6.45. The van der Waals surface area contributed by atoms with E-state index in [1.807, 2.05) is 0 Å². The molecule has 1 aromatic carbocycles. The molecule has 0 heterocycles. The van der Waals surface area contributed by atoms with Crippen molar-refractivity contribution in [2.75, 3.05) is 5.32 Å². The van der Waals surface area contributed by atoms with Crippen molar-refractivity contribution in [2.24, 2.45) is 5.73 Å². The van der Waals surface area contributed by atoms with Gasteiger partial charge in [-0.15, -0.1) is 0 Å². The van der Waals surface area contributed by atoms with Crippen molar-refractivity contribution in [3.8, 4) is 0 Å². The summed E-state index contributed by atoms with van der Waals surface area (Å²) in [5.74, 6) is -0.0409. The van der Waals surface area contributed by atoms with Gasteiger partial charge in [0, 0.05) is 11.3 Å². The highest BCUT2D eigenvalue weighted by molar-refractivity contribution is 5.96. The molecule has 0 saturated heterocycles. The third kappa shape index (κ3) is 3.61. The molecule has 0 fully saturated rings. The van der Waals surface area contributed by atoms with Crippen LogP contribution in [0.2, 0.25) is 0 Å². The largest absolute Gasteiger partial charge is 0.447 e.